The van der Waals surface area contributed by atoms with Crippen LogP contribution in [0.3, 0.4) is 0 Å². The third kappa shape index (κ3) is 5.64. The van der Waals surface area contributed by atoms with Crippen molar-refractivity contribution >= 4 is 17.7 Å². The molecule has 2 aromatic carbocycles. The molecule has 0 bridgehead atoms. The average molecular weight is 464 g/mol. The summed E-state index contributed by atoms with van der Waals surface area (Å²) in [6.45, 7) is 5.61. The Kier molecular flexibility index (Phi) is 7.73. The molecule has 0 spiro atoms. The molecule has 2 amide bonds. The molecule has 0 saturated carbocycles. The van der Waals surface area contributed by atoms with E-state index in [-0.39, 0.29) is 24.5 Å². The van der Waals surface area contributed by atoms with Gasteiger partial charge in [-0.05, 0) is 49.1 Å². The fourth-order valence-corrected chi connectivity index (χ4v) is 3.69. The SMILES string of the molecule is CCOC(=O)CC(NC(=O)Nc1c(O)cc(C)n(C)c1=O)c1cccc(-c2ccccc2C)c1. The maximum absolute atomic E-state index is 12.8. The normalized spacial score (nSPS) is 11.5. The van der Waals surface area contributed by atoms with Gasteiger partial charge in [-0.25, -0.2) is 4.79 Å². The van der Waals surface area contributed by atoms with Crippen LogP contribution >= 0.6 is 0 Å². The minimum Gasteiger partial charge on any atom is -0.505 e. The van der Waals surface area contributed by atoms with Crippen molar-refractivity contribution in [2.24, 2.45) is 7.05 Å². The van der Waals surface area contributed by atoms with Gasteiger partial charge in [0.1, 0.15) is 5.75 Å². The van der Waals surface area contributed by atoms with Crippen LogP contribution in [0.15, 0.2) is 59.4 Å². The lowest BCUT2D eigenvalue weighted by atomic mass is 9.95. The maximum Gasteiger partial charge on any atom is 0.319 e. The Bertz CT molecular complexity index is 1270. The Morgan fingerprint density at radius 1 is 1.09 bits per heavy atom. The first-order valence-electron chi connectivity index (χ1n) is 11.0. The molecular weight excluding hydrogens is 434 g/mol. The van der Waals surface area contributed by atoms with Gasteiger partial charge < -0.3 is 25.0 Å². The van der Waals surface area contributed by atoms with E-state index >= 15 is 0 Å². The molecule has 8 heteroatoms. The van der Waals surface area contributed by atoms with Crippen molar-refractivity contribution in [1.82, 2.24) is 9.88 Å². The predicted molar refractivity (Wildman–Crippen MR) is 131 cm³/mol. The number of anilines is 1. The van der Waals surface area contributed by atoms with Crippen LogP contribution in [0.1, 0.15) is 36.2 Å². The molecule has 1 heterocycles. The summed E-state index contributed by atoms with van der Waals surface area (Å²) in [7, 11) is 1.54. The number of hydrogen-bond acceptors (Lipinski definition) is 5. The van der Waals surface area contributed by atoms with Gasteiger partial charge in [0.05, 0.1) is 19.1 Å². The summed E-state index contributed by atoms with van der Waals surface area (Å²) in [6.07, 6.45) is -0.101. The fraction of sp³-hybridized carbons (Fsp3) is 0.269. The molecular formula is C26H29N3O5. The summed E-state index contributed by atoms with van der Waals surface area (Å²) >= 11 is 0. The molecule has 0 aliphatic rings. The number of carbonyl (C=O) groups is 2. The third-order valence-electron chi connectivity index (χ3n) is 5.61. The topological polar surface area (TPSA) is 110 Å². The average Bonchev–Trinajstić information content (AvgIpc) is 2.80. The van der Waals surface area contributed by atoms with E-state index in [0.29, 0.717) is 11.3 Å². The number of amides is 2. The molecule has 3 aromatic rings. The summed E-state index contributed by atoms with van der Waals surface area (Å²) in [5.74, 6) is -0.803. The Morgan fingerprint density at radius 3 is 2.53 bits per heavy atom. The third-order valence-corrected chi connectivity index (χ3v) is 5.61. The Hall–Kier alpha value is -4.07. The number of aryl methyl sites for hydroxylation is 2. The number of benzene rings is 2. The zero-order valence-electron chi connectivity index (χ0n) is 19.7. The maximum atomic E-state index is 12.8. The molecule has 1 atom stereocenters. The number of carbonyl (C=O) groups excluding carboxylic acids is 2. The molecule has 3 rings (SSSR count). The smallest absolute Gasteiger partial charge is 0.319 e. The lowest BCUT2D eigenvalue weighted by Crippen LogP contribution is -2.36. The number of aromatic nitrogens is 1. The molecule has 0 fully saturated rings. The molecule has 1 unspecified atom stereocenters. The minimum absolute atomic E-state index is 0.101. The van der Waals surface area contributed by atoms with E-state index in [1.165, 1.54) is 10.6 Å². The second-order valence-electron chi connectivity index (χ2n) is 8.01. The van der Waals surface area contributed by atoms with Crippen LogP contribution in [-0.2, 0) is 16.6 Å². The molecule has 0 aliphatic heterocycles. The highest BCUT2D eigenvalue weighted by Gasteiger charge is 2.22. The minimum atomic E-state index is -0.730. The number of pyridine rings is 1. The van der Waals surface area contributed by atoms with Gasteiger partial charge in [0, 0.05) is 18.8 Å². The summed E-state index contributed by atoms with van der Waals surface area (Å²) in [6, 6.07) is 15.4. The zero-order valence-corrected chi connectivity index (χ0v) is 19.7. The molecule has 8 nitrogen and oxygen atoms in total. The molecule has 0 aliphatic carbocycles. The second-order valence-corrected chi connectivity index (χ2v) is 8.01. The van der Waals surface area contributed by atoms with Crippen molar-refractivity contribution in [2.75, 3.05) is 11.9 Å². The molecule has 34 heavy (non-hydrogen) atoms. The van der Waals surface area contributed by atoms with Crippen LogP contribution < -0.4 is 16.2 Å². The van der Waals surface area contributed by atoms with E-state index in [1.54, 1.807) is 20.9 Å². The van der Waals surface area contributed by atoms with Crippen molar-refractivity contribution in [3.63, 3.8) is 0 Å². The van der Waals surface area contributed by atoms with E-state index in [1.807, 2.05) is 55.5 Å². The van der Waals surface area contributed by atoms with Gasteiger partial charge in [-0.2, -0.15) is 0 Å². The van der Waals surface area contributed by atoms with Crippen molar-refractivity contribution in [3.05, 3.63) is 81.8 Å². The van der Waals surface area contributed by atoms with Gasteiger partial charge in [0.15, 0.2) is 5.69 Å². The molecule has 178 valence electrons. The van der Waals surface area contributed by atoms with Gasteiger partial charge in [-0.3, -0.25) is 9.59 Å². The standard InChI is InChI=1S/C26H29N3O5/c1-5-34-23(31)15-21(19-11-8-10-18(14-19)20-12-7-6-9-16(20)2)27-26(33)28-24-22(30)13-17(3)29(4)25(24)32/h6-14,21,30H,5,15H2,1-4H3,(H2,27,28,33). The van der Waals surface area contributed by atoms with Gasteiger partial charge in [-0.1, -0.05) is 42.5 Å². The van der Waals surface area contributed by atoms with Crippen LogP contribution in [-0.4, -0.2) is 28.3 Å². The quantitative estimate of drug-likeness (QED) is 0.455. The first-order chi connectivity index (χ1) is 16.2. The van der Waals surface area contributed by atoms with Crippen LogP contribution in [0.25, 0.3) is 11.1 Å². The zero-order chi connectivity index (χ0) is 24.8. The summed E-state index contributed by atoms with van der Waals surface area (Å²) < 4.78 is 6.41. The van der Waals surface area contributed by atoms with Gasteiger partial charge in [-0.15, -0.1) is 0 Å². The largest absolute Gasteiger partial charge is 0.505 e. The molecule has 1 aromatic heterocycles. The first-order valence-corrected chi connectivity index (χ1v) is 11.0. The summed E-state index contributed by atoms with van der Waals surface area (Å²) in [5.41, 5.74) is 3.53. The van der Waals surface area contributed by atoms with E-state index in [4.69, 9.17) is 4.74 Å². The lowest BCUT2D eigenvalue weighted by molar-refractivity contribution is -0.143. The van der Waals surface area contributed by atoms with E-state index in [9.17, 15) is 19.5 Å². The number of rotatable bonds is 7. The summed E-state index contributed by atoms with van der Waals surface area (Å²) in [4.78, 5) is 37.6. The number of hydrogen-bond donors (Lipinski definition) is 3. The summed E-state index contributed by atoms with van der Waals surface area (Å²) in [5, 5.41) is 15.3. The number of nitrogens with zero attached hydrogens (tertiary/aromatic N) is 1. The van der Waals surface area contributed by atoms with Crippen LogP contribution in [0.4, 0.5) is 10.5 Å². The van der Waals surface area contributed by atoms with Crippen molar-refractivity contribution in [2.45, 2.75) is 33.2 Å². The van der Waals surface area contributed by atoms with Gasteiger partial charge >= 0.3 is 12.0 Å². The van der Waals surface area contributed by atoms with E-state index in [0.717, 1.165) is 16.7 Å². The Balaban J connectivity index is 1.90. The van der Waals surface area contributed by atoms with E-state index in [2.05, 4.69) is 10.6 Å². The van der Waals surface area contributed by atoms with Crippen LogP contribution in [0.2, 0.25) is 0 Å². The Morgan fingerprint density at radius 2 is 1.82 bits per heavy atom. The van der Waals surface area contributed by atoms with Crippen molar-refractivity contribution in [1.29, 1.82) is 0 Å². The number of esters is 1. The van der Waals surface area contributed by atoms with Gasteiger partial charge in [0.2, 0.25) is 0 Å². The number of aromatic hydroxyl groups is 1. The van der Waals surface area contributed by atoms with Gasteiger partial charge in [0.25, 0.3) is 5.56 Å². The fourth-order valence-electron chi connectivity index (χ4n) is 3.69. The lowest BCUT2D eigenvalue weighted by Gasteiger charge is -2.20. The highest BCUT2D eigenvalue weighted by Crippen LogP contribution is 2.28. The highest BCUT2D eigenvalue weighted by molar-refractivity contribution is 5.91. The first kappa shape index (κ1) is 24.6. The molecule has 3 N–H and O–H groups in total. The van der Waals surface area contributed by atoms with Crippen LogP contribution in [0.5, 0.6) is 5.75 Å². The molecule has 0 saturated heterocycles. The van der Waals surface area contributed by atoms with Crippen molar-refractivity contribution in [3.8, 4) is 16.9 Å². The molecule has 0 radical (unpaired) electrons. The van der Waals surface area contributed by atoms with E-state index < -0.39 is 23.6 Å². The highest BCUT2D eigenvalue weighted by atomic mass is 16.5. The number of nitrogens with one attached hydrogen (secondary N) is 2. The van der Waals surface area contributed by atoms with Crippen LogP contribution in [0, 0.1) is 13.8 Å². The van der Waals surface area contributed by atoms with Crippen molar-refractivity contribution < 1.29 is 19.4 Å². The number of ether oxygens (including phenoxy) is 1. The predicted octanol–water partition coefficient (Wildman–Crippen LogP) is 4.19. The second kappa shape index (κ2) is 10.7. The monoisotopic (exact) mass is 463 g/mol. The number of urea groups is 1. The Labute approximate surface area is 198 Å².